The van der Waals surface area contributed by atoms with Crippen LogP contribution in [0, 0.1) is 0 Å². The van der Waals surface area contributed by atoms with Gasteiger partial charge in [0.1, 0.15) is 0 Å². The monoisotopic (exact) mass is 281 g/mol. The molecule has 0 amide bonds. The fourth-order valence-electron chi connectivity index (χ4n) is 2.76. The van der Waals surface area contributed by atoms with Crippen LogP contribution in [0.3, 0.4) is 0 Å². The highest BCUT2D eigenvalue weighted by Crippen LogP contribution is 2.28. The summed E-state index contributed by atoms with van der Waals surface area (Å²) >= 11 is 0. The Kier molecular flexibility index (Phi) is 4.99. The zero-order chi connectivity index (χ0) is 13.7. The first-order chi connectivity index (χ1) is 9.14. The number of hydrogen-bond acceptors (Lipinski definition) is 3. The third-order valence-corrected chi connectivity index (χ3v) is 6.05. The molecule has 0 bridgehead atoms. The fourth-order valence-corrected chi connectivity index (χ4v) is 4.65. The van der Waals surface area contributed by atoms with Gasteiger partial charge in [-0.2, -0.15) is 0 Å². The molecule has 1 fully saturated rings. The topological polar surface area (TPSA) is 46.2 Å². The van der Waals surface area contributed by atoms with Crippen LogP contribution in [0.1, 0.15) is 39.0 Å². The van der Waals surface area contributed by atoms with Crippen molar-refractivity contribution in [1.29, 1.82) is 0 Å². The maximum Gasteiger partial charge on any atom is 0.181 e. The van der Waals surface area contributed by atoms with E-state index in [-0.39, 0.29) is 5.25 Å². The van der Waals surface area contributed by atoms with Crippen molar-refractivity contribution in [3.63, 3.8) is 0 Å². The molecule has 0 radical (unpaired) electrons. The summed E-state index contributed by atoms with van der Waals surface area (Å²) in [6.45, 7) is 3.11. The number of benzene rings is 1. The van der Waals surface area contributed by atoms with Crippen LogP contribution in [0.4, 0.5) is 0 Å². The molecule has 0 aromatic heterocycles. The third kappa shape index (κ3) is 3.57. The van der Waals surface area contributed by atoms with Gasteiger partial charge in [-0.1, -0.05) is 31.5 Å². The van der Waals surface area contributed by atoms with Gasteiger partial charge in [0.15, 0.2) is 9.84 Å². The van der Waals surface area contributed by atoms with Gasteiger partial charge >= 0.3 is 0 Å². The third-order valence-electron chi connectivity index (χ3n) is 3.82. The molecule has 2 rings (SSSR count). The summed E-state index contributed by atoms with van der Waals surface area (Å²) in [7, 11) is -3.16. The highest BCUT2D eigenvalue weighted by Gasteiger charge is 2.32. The minimum absolute atomic E-state index is 0.224. The second kappa shape index (κ2) is 6.53. The van der Waals surface area contributed by atoms with Gasteiger partial charge in [-0.3, -0.25) is 0 Å². The molecule has 19 heavy (non-hydrogen) atoms. The van der Waals surface area contributed by atoms with E-state index < -0.39 is 9.84 Å². The Balaban J connectivity index is 2.08. The molecule has 0 saturated heterocycles. The van der Waals surface area contributed by atoms with Crippen molar-refractivity contribution in [3.05, 3.63) is 30.3 Å². The minimum Gasteiger partial charge on any atom is -0.314 e. The Morgan fingerprint density at radius 2 is 1.95 bits per heavy atom. The van der Waals surface area contributed by atoms with Gasteiger partial charge in [0.25, 0.3) is 0 Å². The molecule has 106 valence electrons. The van der Waals surface area contributed by atoms with Crippen LogP contribution in [-0.4, -0.2) is 26.3 Å². The molecule has 3 nitrogen and oxygen atoms in total. The van der Waals surface area contributed by atoms with E-state index in [1.807, 2.05) is 6.07 Å². The highest BCUT2D eigenvalue weighted by molar-refractivity contribution is 7.92. The van der Waals surface area contributed by atoms with E-state index in [2.05, 4.69) is 12.2 Å². The van der Waals surface area contributed by atoms with E-state index >= 15 is 0 Å². The van der Waals surface area contributed by atoms with Crippen molar-refractivity contribution in [2.45, 2.75) is 55.2 Å². The first-order valence-electron chi connectivity index (χ1n) is 7.17. The minimum atomic E-state index is -3.16. The van der Waals surface area contributed by atoms with Crippen molar-refractivity contribution in [2.75, 3.05) is 6.54 Å². The second-order valence-electron chi connectivity index (χ2n) is 5.30. The predicted molar refractivity (Wildman–Crippen MR) is 78.0 cm³/mol. The molecule has 2 atom stereocenters. The quantitative estimate of drug-likeness (QED) is 0.902. The summed E-state index contributed by atoms with van der Waals surface area (Å²) in [4.78, 5) is 0.469. The predicted octanol–water partition coefficient (Wildman–Crippen LogP) is 2.77. The number of hydrogen-bond donors (Lipinski definition) is 1. The first-order valence-corrected chi connectivity index (χ1v) is 8.71. The zero-order valence-corrected chi connectivity index (χ0v) is 12.3. The van der Waals surface area contributed by atoms with E-state index in [1.54, 1.807) is 24.3 Å². The molecule has 0 aliphatic heterocycles. The van der Waals surface area contributed by atoms with E-state index in [9.17, 15) is 8.42 Å². The molecule has 2 unspecified atom stereocenters. The average Bonchev–Trinajstić information content (AvgIpc) is 2.46. The van der Waals surface area contributed by atoms with Crippen LogP contribution in [0.2, 0.25) is 0 Å². The van der Waals surface area contributed by atoms with Gasteiger partial charge in [-0.15, -0.1) is 0 Å². The standard InChI is InChI=1S/C15H23NO2S/c1-2-11-16-13-7-6-10-15(12-13)19(17,18)14-8-4-3-5-9-14/h3-5,8-9,13,15-16H,2,6-7,10-12H2,1H3. The summed E-state index contributed by atoms with van der Waals surface area (Å²) < 4.78 is 25.2. The fraction of sp³-hybridized carbons (Fsp3) is 0.600. The zero-order valence-electron chi connectivity index (χ0n) is 11.5. The summed E-state index contributed by atoms with van der Waals surface area (Å²) in [6, 6.07) is 9.21. The molecule has 4 heteroatoms. The van der Waals surface area contributed by atoms with Crippen LogP contribution < -0.4 is 5.32 Å². The smallest absolute Gasteiger partial charge is 0.181 e. The van der Waals surface area contributed by atoms with Crippen LogP contribution in [0.5, 0.6) is 0 Å². The van der Waals surface area contributed by atoms with Crippen molar-refractivity contribution < 1.29 is 8.42 Å². The largest absolute Gasteiger partial charge is 0.314 e. The van der Waals surface area contributed by atoms with E-state index in [1.165, 1.54) is 0 Å². The lowest BCUT2D eigenvalue weighted by molar-refractivity contribution is 0.372. The summed E-state index contributed by atoms with van der Waals surface area (Å²) in [5, 5.41) is 3.24. The average molecular weight is 281 g/mol. The Bertz CT molecular complexity index is 484. The first kappa shape index (κ1) is 14.5. The lowest BCUT2D eigenvalue weighted by Gasteiger charge is -2.29. The maximum atomic E-state index is 12.6. The summed E-state index contributed by atoms with van der Waals surface area (Å²) in [5.74, 6) is 0. The molecule has 1 N–H and O–H groups in total. The maximum absolute atomic E-state index is 12.6. The summed E-state index contributed by atoms with van der Waals surface area (Å²) in [6.07, 6.45) is 4.73. The lowest BCUT2D eigenvalue weighted by atomic mass is 9.95. The van der Waals surface area contributed by atoms with Crippen molar-refractivity contribution in [3.8, 4) is 0 Å². The Hall–Kier alpha value is -0.870. The molecular formula is C15H23NO2S. The van der Waals surface area contributed by atoms with Crippen LogP contribution >= 0.6 is 0 Å². The van der Waals surface area contributed by atoms with Crippen LogP contribution in [0.15, 0.2) is 35.2 Å². The van der Waals surface area contributed by atoms with Gasteiger partial charge < -0.3 is 5.32 Å². The molecule has 1 aliphatic carbocycles. The van der Waals surface area contributed by atoms with E-state index in [0.29, 0.717) is 10.9 Å². The lowest BCUT2D eigenvalue weighted by Crippen LogP contribution is -2.39. The van der Waals surface area contributed by atoms with Gasteiger partial charge in [-0.05, 0) is 44.4 Å². The molecular weight excluding hydrogens is 258 g/mol. The number of sulfone groups is 1. The van der Waals surface area contributed by atoms with Crippen LogP contribution in [0.25, 0.3) is 0 Å². The highest BCUT2D eigenvalue weighted by atomic mass is 32.2. The Labute approximate surface area is 116 Å². The van der Waals surface area contributed by atoms with Crippen LogP contribution in [-0.2, 0) is 9.84 Å². The SMILES string of the molecule is CCCNC1CCCC(S(=O)(=O)c2ccccc2)C1. The molecule has 1 aliphatic rings. The molecule has 1 saturated carbocycles. The summed E-state index contributed by atoms with van der Waals surface area (Å²) in [5.41, 5.74) is 0. The second-order valence-corrected chi connectivity index (χ2v) is 7.53. The van der Waals surface area contributed by atoms with E-state index in [4.69, 9.17) is 0 Å². The van der Waals surface area contributed by atoms with Gasteiger partial charge in [0.05, 0.1) is 10.1 Å². The van der Waals surface area contributed by atoms with Crippen molar-refractivity contribution in [2.24, 2.45) is 0 Å². The molecule has 1 aromatic rings. The molecule has 0 heterocycles. The molecule has 1 aromatic carbocycles. The van der Waals surface area contributed by atoms with E-state index in [0.717, 1.165) is 38.6 Å². The molecule has 0 spiro atoms. The van der Waals surface area contributed by atoms with Crippen molar-refractivity contribution in [1.82, 2.24) is 5.32 Å². The normalized spacial score (nSPS) is 24.3. The van der Waals surface area contributed by atoms with Gasteiger partial charge in [0, 0.05) is 6.04 Å². The Morgan fingerprint density at radius 3 is 2.63 bits per heavy atom. The van der Waals surface area contributed by atoms with Crippen molar-refractivity contribution >= 4 is 9.84 Å². The number of nitrogens with one attached hydrogen (secondary N) is 1. The number of rotatable bonds is 5. The van der Waals surface area contributed by atoms with Gasteiger partial charge in [-0.25, -0.2) is 8.42 Å². The van der Waals surface area contributed by atoms with Gasteiger partial charge in [0.2, 0.25) is 0 Å². The Morgan fingerprint density at radius 1 is 1.21 bits per heavy atom.